The monoisotopic (exact) mass is 371 g/mol. The molecule has 0 saturated carbocycles. The number of nitrogens with zero attached hydrogens (tertiary/aromatic N) is 2. The highest BCUT2D eigenvalue weighted by Gasteiger charge is 2.21. The van der Waals surface area contributed by atoms with Crippen LogP contribution in [0.5, 0.6) is 0 Å². The first-order chi connectivity index (χ1) is 13.1. The third-order valence-electron chi connectivity index (χ3n) is 4.94. The molecule has 2 aromatic rings. The summed E-state index contributed by atoms with van der Waals surface area (Å²) in [7, 11) is 1.90. The van der Waals surface area contributed by atoms with E-state index in [0.717, 1.165) is 31.9 Å². The summed E-state index contributed by atoms with van der Waals surface area (Å²) in [6.45, 7) is 5.64. The molecule has 1 unspecified atom stereocenters. The average Bonchev–Trinajstić information content (AvgIpc) is 2.70. The normalized spacial score (nSPS) is 15.6. The van der Waals surface area contributed by atoms with Gasteiger partial charge in [0.05, 0.1) is 24.9 Å². The van der Waals surface area contributed by atoms with Gasteiger partial charge in [-0.25, -0.2) is 4.39 Å². The molecule has 1 atom stereocenters. The second kappa shape index (κ2) is 8.97. The van der Waals surface area contributed by atoms with E-state index in [-0.39, 0.29) is 11.6 Å². The van der Waals surface area contributed by atoms with Crippen LogP contribution in [0.2, 0.25) is 0 Å². The van der Waals surface area contributed by atoms with Crippen molar-refractivity contribution in [1.29, 1.82) is 0 Å². The second-order valence-corrected chi connectivity index (χ2v) is 6.79. The number of hydrogen-bond acceptors (Lipinski definition) is 4. The SMILES string of the molecule is CC(C(=O)Nc1ccccc1F)N(C)Cc1ccccc1N1CCOCC1. The molecule has 144 valence electrons. The molecule has 1 fully saturated rings. The lowest BCUT2D eigenvalue weighted by atomic mass is 10.1. The number of carbonyl (C=O) groups excluding carboxylic acids is 1. The highest BCUT2D eigenvalue weighted by Crippen LogP contribution is 2.23. The largest absolute Gasteiger partial charge is 0.378 e. The zero-order valence-corrected chi connectivity index (χ0v) is 15.8. The van der Waals surface area contributed by atoms with Gasteiger partial charge in [0.2, 0.25) is 5.91 Å². The van der Waals surface area contributed by atoms with Crippen LogP contribution in [0.15, 0.2) is 48.5 Å². The Morgan fingerprint density at radius 1 is 1.19 bits per heavy atom. The molecule has 1 saturated heterocycles. The Bertz CT molecular complexity index is 778. The smallest absolute Gasteiger partial charge is 0.241 e. The fourth-order valence-electron chi connectivity index (χ4n) is 3.16. The van der Waals surface area contributed by atoms with E-state index in [0.29, 0.717) is 6.54 Å². The van der Waals surface area contributed by atoms with Crippen LogP contribution < -0.4 is 10.2 Å². The molecule has 5 nitrogen and oxygen atoms in total. The molecule has 3 rings (SSSR count). The third kappa shape index (κ3) is 4.84. The van der Waals surface area contributed by atoms with Crippen molar-refractivity contribution in [3.05, 3.63) is 59.9 Å². The van der Waals surface area contributed by atoms with Gasteiger partial charge in [0, 0.05) is 25.3 Å². The Balaban J connectivity index is 1.67. The minimum Gasteiger partial charge on any atom is -0.378 e. The number of ether oxygens (including phenoxy) is 1. The lowest BCUT2D eigenvalue weighted by Crippen LogP contribution is -2.40. The van der Waals surface area contributed by atoms with Crippen LogP contribution in [0.25, 0.3) is 0 Å². The highest BCUT2D eigenvalue weighted by molar-refractivity contribution is 5.94. The first-order valence-electron chi connectivity index (χ1n) is 9.22. The van der Waals surface area contributed by atoms with Crippen molar-refractivity contribution >= 4 is 17.3 Å². The van der Waals surface area contributed by atoms with Crippen molar-refractivity contribution in [2.45, 2.75) is 19.5 Å². The number of nitrogens with one attached hydrogen (secondary N) is 1. The van der Waals surface area contributed by atoms with E-state index in [1.54, 1.807) is 18.2 Å². The van der Waals surface area contributed by atoms with E-state index in [2.05, 4.69) is 22.3 Å². The molecule has 1 N–H and O–H groups in total. The number of carbonyl (C=O) groups is 1. The third-order valence-corrected chi connectivity index (χ3v) is 4.94. The van der Waals surface area contributed by atoms with Crippen LogP contribution in [-0.2, 0) is 16.1 Å². The Kier molecular flexibility index (Phi) is 6.42. The summed E-state index contributed by atoms with van der Waals surface area (Å²) in [5.74, 6) is -0.662. The Morgan fingerprint density at radius 3 is 2.59 bits per heavy atom. The summed E-state index contributed by atoms with van der Waals surface area (Å²) >= 11 is 0. The van der Waals surface area contributed by atoms with E-state index >= 15 is 0 Å². The molecule has 0 aliphatic carbocycles. The van der Waals surface area contributed by atoms with Crippen molar-refractivity contribution in [3.8, 4) is 0 Å². The summed E-state index contributed by atoms with van der Waals surface area (Å²) in [5, 5.41) is 2.67. The molecule has 0 radical (unpaired) electrons. The summed E-state index contributed by atoms with van der Waals surface area (Å²) in [6, 6.07) is 14.0. The van der Waals surface area contributed by atoms with E-state index < -0.39 is 11.9 Å². The van der Waals surface area contributed by atoms with Gasteiger partial charge < -0.3 is 15.0 Å². The first kappa shape index (κ1) is 19.3. The van der Waals surface area contributed by atoms with E-state index in [1.165, 1.54) is 11.8 Å². The minimum absolute atomic E-state index is 0.205. The maximum atomic E-state index is 13.8. The van der Waals surface area contributed by atoms with Crippen LogP contribution in [0.3, 0.4) is 0 Å². The van der Waals surface area contributed by atoms with Crippen LogP contribution >= 0.6 is 0 Å². The topological polar surface area (TPSA) is 44.8 Å². The van der Waals surface area contributed by atoms with Gasteiger partial charge in [-0.2, -0.15) is 0 Å². The fourth-order valence-corrected chi connectivity index (χ4v) is 3.16. The van der Waals surface area contributed by atoms with Gasteiger partial charge >= 0.3 is 0 Å². The lowest BCUT2D eigenvalue weighted by Gasteiger charge is -2.32. The zero-order valence-electron chi connectivity index (χ0n) is 15.8. The number of rotatable bonds is 6. The second-order valence-electron chi connectivity index (χ2n) is 6.79. The Hall–Kier alpha value is -2.44. The Morgan fingerprint density at radius 2 is 1.85 bits per heavy atom. The van der Waals surface area contributed by atoms with E-state index in [4.69, 9.17) is 4.74 Å². The Labute approximate surface area is 159 Å². The molecule has 2 aromatic carbocycles. The van der Waals surface area contributed by atoms with Gasteiger partial charge in [0.15, 0.2) is 0 Å². The van der Waals surface area contributed by atoms with Gasteiger partial charge in [-0.3, -0.25) is 9.69 Å². The molecule has 27 heavy (non-hydrogen) atoms. The summed E-state index contributed by atoms with van der Waals surface area (Å²) in [5.41, 5.74) is 2.54. The molecule has 1 aliphatic heterocycles. The standard InChI is InChI=1S/C21H26FN3O2/c1-16(21(26)23-19-9-5-4-8-18(19)22)24(2)15-17-7-3-6-10-20(17)25-11-13-27-14-12-25/h3-10,16H,11-15H2,1-2H3,(H,23,26). The predicted molar refractivity (Wildman–Crippen MR) is 105 cm³/mol. The molecule has 6 heteroatoms. The van der Waals surface area contributed by atoms with Crippen molar-refractivity contribution < 1.29 is 13.9 Å². The molecule has 1 heterocycles. The van der Waals surface area contributed by atoms with Crippen molar-refractivity contribution in [1.82, 2.24) is 4.90 Å². The number of hydrogen-bond donors (Lipinski definition) is 1. The highest BCUT2D eigenvalue weighted by atomic mass is 19.1. The molecule has 0 aromatic heterocycles. The fraction of sp³-hybridized carbons (Fsp3) is 0.381. The maximum absolute atomic E-state index is 13.8. The molecular weight excluding hydrogens is 345 g/mol. The van der Waals surface area contributed by atoms with E-state index in [1.807, 2.05) is 31.0 Å². The summed E-state index contributed by atoms with van der Waals surface area (Å²) < 4.78 is 19.2. The first-order valence-corrected chi connectivity index (χ1v) is 9.22. The molecule has 0 bridgehead atoms. The van der Waals surface area contributed by atoms with Gasteiger partial charge in [-0.05, 0) is 37.7 Å². The van der Waals surface area contributed by atoms with Gasteiger partial charge in [-0.15, -0.1) is 0 Å². The number of anilines is 2. The molecule has 1 aliphatic rings. The van der Waals surface area contributed by atoms with E-state index in [9.17, 15) is 9.18 Å². The zero-order chi connectivity index (χ0) is 19.2. The number of benzene rings is 2. The van der Waals surface area contributed by atoms with Crippen molar-refractivity contribution in [2.24, 2.45) is 0 Å². The van der Waals surface area contributed by atoms with Crippen LogP contribution in [0.4, 0.5) is 15.8 Å². The van der Waals surface area contributed by atoms with Crippen molar-refractivity contribution in [2.75, 3.05) is 43.6 Å². The van der Waals surface area contributed by atoms with Gasteiger partial charge in [0.1, 0.15) is 5.82 Å². The van der Waals surface area contributed by atoms with Crippen LogP contribution in [0, 0.1) is 5.82 Å². The predicted octanol–water partition coefficient (Wildman–Crippen LogP) is 3.12. The van der Waals surface area contributed by atoms with Gasteiger partial charge in [0.25, 0.3) is 0 Å². The molecule has 1 amide bonds. The number of morpholine rings is 1. The minimum atomic E-state index is -0.432. The quantitative estimate of drug-likeness (QED) is 0.847. The van der Waals surface area contributed by atoms with Crippen LogP contribution in [-0.4, -0.2) is 50.2 Å². The number of para-hydroxylation sites is 2. The van der Waals surface area contributed by atoms with Gasteiger partial charge in [-0.1, -0.05) is 30.3 Å². The van der Waals surface area contributed by atoms with Crippen molar-refractivity contribution in [3.63, 3.8) is 0 Å². The molecular formula is C21H26FN3O2. The van der Waals surface area contributed by atoms with Crippen LogP contribution in [0.1, 0.15) is 12.5 Å². The number of amides is 1. The summed E-state index contributed by atoms with van der Waals surface area (Å²) in [6.07, 6.45) is 0. The lowest BCUT2D eigenvalue weighted by molar-refractivity contribution is -0.120. The number of halogens is 1. The number of likely N-dealkylation sites (N-methyl/N-ethyl adjacent to an activating group) is 1. The maximum Gasteiger partial charge on any atom is 0.241 e. The summed E-state index contributed by atoms with van der Waals surface area (Å²) in [4.78, 5) is 16.8. The average molecular weight is 371 g/mol. The molecule has 0 spiro atoms.